The van der Waals surface area contributed by atoms with Crippen LogP contribution in [0.2, 0.25) is 5.02 Å². The summed E-state index contributed by atoms with van der Waals surface area (Å²) in [6.07, 6.45) is 1.72. The second-order valence-electron chi connectivity index (χ2n) is 13.6. The van der Waals surface area contributed by atoms with Gasteiger partial charge in [-0.05, 0) is 103 Å². The van der Waals surface area contributed by atoms with E-state index in [0.717, 1.165) is 18.4 Å². The fraction of sp³-hybridized carbons (Fsp3) is 0.469. The Bertz CT molecular complexity index is 1590. The SMILES string of the molecule is CC(C)(F)COc1nc(Nc2ccc(C(=O)NCC(C)(C)C(=O)NS(=O)C(C)(C)C)cc2)nc(NC2(c3ccc(Cl)cc3)CC2)n1. The topological polar surface area (TPSA) is 147 Å². The number of benzene rings is 2. The molecule has 0 saturated heterocycles. The molecule has 3 aromatic rings. The van der Waals surface area contributed by atoms with Crippen molar-refractivity contribution in [3.63, 3.8) is 0 Å². The average molecular weight is 674 g/mol. The minimum Gasteiger partial charge on any atom is -0.460 e. The molecule has 2 aromatic carbocycles. The molecule has 1 aliphatic carbocycles. The third-order valence-corrected chi connectivity index (χ3v) is 8.84. The minimum atomic E-state index is -1.60. The van der Waals surface area contributed by atoms with Crippen molar-refractivity contribution in [1.82, 2.24) is 25.0 Å². The maximum atomic E-state index is 14.2. The zero-order chi connectivity index (χ0) is 33.9. The van der Waals surface area contributed by atoms with Crippen LogP contribution in [0.15, 0.2) is 48.5 Å². The van der Waals surface area contributed by atoms with Crippen molar-refractivity contribution >= 4 is 52.0 Å². The van der Waals surface area contributed by atoms with Gasteiger partial charge in [-0.25, -0.2) is 8.60 Å². The van der Waals surface area contributed by atoms with E-state index in [0.29, 0.717) is 16.3 Å². The molecule has 0 bridgehead atoms. The van der Waals surface area contributed by atoms with Gasteiger partial charge in [0.1, 0.15) is 23.3 Å². The van der Waals surface area contributed by atoms with Gasteiger partial charge in [-0.3, -0.25) is 14.3 Å². The van der Waals surface area contributed by atoms with Crippen molar-refractivity contribution in [1.29, 1.82) is 0 Å². The molecule has 1 saturated carbocycles. The summed E-state index contributed by atoms with van der Waals surface area (Å²) in [4.78, 5) is 38.8. The Morgan fingerprint density at radius 2 is 1.54 bits per heavy atom. The number of hydrogen-bond donors (Lipinski definition) is 4. The Labute approximate surface area is 276 Å². The van der Waals surface area contributed by atoms with Crippen molar-refractivity contribution < 1.29 is 22.9 Å². The fourth-order valence-corrected chi connectivity index (χ4v) is 4.93. The van der Waals surface area contributed by atoms with Crippen molar-refractivity contribution in [2.24, 2.45) is 5.41 Å². The van der Waals surface area contributed by atoms with Crippen LogP contribution in [0.4, 0.5) is 22.0 Å². The molecule has 1 aliphatic rings. The van der Waals surface area contributed by atoms with Gasteiger partial charge in [0.2, 0.25) is 17.8 Å². The quantitative estimate of drug-likeness (QED) is 0.176. The highest BCUT2D eigenvalue weighted by molar-refractivity contribution is 7.85. The van der Waals surface area contributed by atoms with Gasteiger partial charge in [0.15, 0.2) is 0 Å². The monoisotopic (exact) mass is 673 g/mol. The number of hydrogen-bond acceptors (Lipinski definition) is 9. The molecule has 4 rings (SSSR count). The van der Waals surface area contributed by atoms with Crippen LogP contribution in [-0.4, -0.2) is 54.5 Å². The highest BCUT2D eigenvalue weighted by Gasteiger charge is 2.45. The molecule has 1 aromatic heterocycles. The Morgan fingerprint density at radius 1 is 0.935 bits per heavy atom. The molecule has 1 atom stereocenters. The lowest BCUT2D eigenvalue weighted by atomic mass is 9.92. The summed E-state index contributed by atoms with van der Waals surface area (Å²) in [6.45, 7) is 11.2. The van der Waals surface area contributed by atoms with Gasteiger partial charge in [0.25, 0.3) is 5.91 Å². The summed E-state index contributed by atoms with van der Waals surface area (Å²) in [5.74, 6) is -0.386. The van der Waals surface area contributed by atoms with Crippen LogP contribution in [0, 0.1) is 5.41 Å². The standard InChI is InChI=1S/C32H41ClFN7O4S/c1-29(2,3)46(44)41-25(43)30(4,5)18-35-24(42)20-8-14-23(15-9-20)36-26-37-27(39-28(38-26)45-19-31(6,7)34)40-32(16-17-32)21-10-12-22(33)13-11-21/h8-15H,16-19H2,1-7H3,(H,35,42)(H,41,43)(H2,36,37,38,39,40). The van der Waals surface area contributed by atoms with E-state index in [2.05, 4.69) is 35.6 Å². The maximum Gasteiger partial charge on any atom is 0.323 e. The number of amides is 2. The van der Waals surface area contributed by atoms with E-state index >= 15 is 0 Å². The number of nitrogens with zero attached hydrogens (tertiary/aromatic N) is 3. The molecule has 46 heavy (non-hydrogen) atoms. The summed E-state index contributed by atoms with van der Waals surface area (Å²) in [6, 6.07) is 14.1. The molecular formula is C32H41ClFN7O4S. The van der Waals surface area contributed by atoms with Crippen LogP contribution in [0.25, 0.3) is 0 Å². The van der Waals surface area contributed by atoms with Crippen molar-refractivity contribution in [2.45, 2.75) is 77.3 Å². The van der Waals surface area contributed by atoms with Crippen molar-refractivity contribution in [2.75, 3.05) is 23.8 Å². The van der Waals surface area contributed by atoms with E-state index in [4.69, 9.17) is 16.3 Å². The van der Waals surface area contributed by atoms with Gasteiger partial charge in [-0.1, -0.05) is 23.7 Å². The molecule has 0 spiro atoms. The Morgan fingerprint density at radius 3 is 2.11 bits per heavy atom. The van der Waals surface area contributed by atoms with Gasteiger partial charge in [-0.15, -0.1) is 0 Å². The van der Waals surface area contributed by atoms with Crippen LogP contribution in [0.5, 0.6) is 6.01 Å². The van der Waals surface area contributed by atoms with Crippen LogP contribution in [0.3, 0.4) is 0 Å². The maximum absolute atomic E-state index is 14.2. The Hall–Kier alpha value is -3.84. The van der Waals surface area contributed by atoms with Gasteiger partial charge in [0, 0.05) is 22.8 Å². The first-order chi connectivity index (χ1) is 21.3. The predicted octanol–water partition coefficient (Wildman–Crippen LogP) is 5.83. The van der Waals surface area contributed by atoms with E-state index in [1.807, 2.05) is 24.3 Å². The van der Waals surface area contributed by atoms with E-state index in [-0.39, 0.29) is 42.5 Å². The number of nitrogens with one attached hydrogen (secondary N) is 4. The third kappa shape index (κ3) is 9.58. The summed E-state index contributed by atoms with van der Waals surface area (Å²) in [7, 11) is -1.57. The highest BCUT2D eigenvalue weighted by atomic mass is 35.5. The number of halogens is 2. The zero-order valence-electron chi connectivity index (χ0n) is 27.1. The van der Waals surface area contributed by atoms with E-state index in [1.165, 1.54) is 13.8 Å². The normalized spacial score (nSPS) is 15.0. The zero-order valence-corrected chi connectivity index (χ0v) is 28.7. The Kier molecular flexibility index (Phi) is 10.3. The van der Waals surface area contributed by atoms with Crippen molar-refractivity contribution in [3.8, 4) is 6.01 Å². The molecule has 11 nitrogen and oxygen atoms in total. The first-order valence-corrected chi connectivity index (χ1v) is 16.4. The van der Waals surface area contributed by atoms with Crippen LogP contribution in [-0.2, 0) is 21.3 Å². The molecule has 14 heteroatoms. The second-order valence-corrected chi connectivity index (χ2v) is 16.0. The molecule has 0 aliphatic heterocycles. The molecule has 1 unspecified atom stereocenters. The van der Waals surface area contributed by atoms with Gasteiger partial charge >= 0.3 is 6.01 Å². The smallest absolute Gasteiger partial charge is 0.323 e. The first-order valence-electron chi connectivity index (χ1n) is 14.9. The lowest BCUT2D eigenvalue weighted by molar-refractivity contribution is -0.127. The minimum absolute atomic E-state index is 0.0373. The summed E-state index contributed by atoms with van der Waals surface area (Å²) < 4.78 is 34.0. The number of carbonyl (C=O) groups is 2. The molecule has 1 heterocycles. The average Bonchev–Trinajstić information content (AvgIpc) is 3.75. The third-order valence-electron chi connectivity index (χ3n) is 7.11. The van der Waals surface area contributed by atoms with Crippen molar-refractivity contribution in [3.05, 3.63) is 64.7 Å². The van der Waals surface area contributed by atoms with E-state index < -0.39 is 32.7 Å². The van der Waals surface area contributed by atoms with Gasteiger partial charge in [0.05, 0.1) is 15.7 Å². The summed E-state index contributed by atoms with van der Waals surface area (Å²) >= 11 is 6.08. The van der Waals surface area contributed by atoms with E-state index in [9.17, 15) is 18.2 Å². The molecule has 2 amide bonds. The lowest BCUT2D eigenvalue weighted by Crippen LogP contribution is -2.48. The molecule has 4 N–H and O–H groups in total. The fourth-order valence-electron chi connectivity index (χ4n) is 4.06. The number of carbonyl (C=O) groups excluding carboxylic acids is 2. The molecule has 248 valence electrons. The van der Waals surface area contributed by atoms with Crippen LogP contribution < -0.4 is 25.4 Å². The Balaban J connectivity index is 1.44. The predicted molar refractivity (Wildman–Crippen MR) is 178 cm³/mol. The first kappa shape index (κ1) is 35.0. The summed E-state index contributed by atoms with van der Waals surface area (Å²) in [5.41, 5.74) is -0.980. The van der Waals surface area contributed by atoms with Gasteiger partial charge < -0.3 is 20.7 Å². The molecular weight excluding hydrogens is 633 g/mol. The largest absolute Gasteiger partial charge is 0.460 e. The van der Waals surface area contributed by atoms with E-state index in [1.54, 1.807) is 58.9 Å². The molecule has 1 fully saturated rings. The summed E-state index contributed by atoms with van der Waals surface area (Å²) in [5, 5.41) is 9.89. The highest BCUT2D eigenvalue weighted by Crippen LogP contribution is 2.48. The van der Waals surface area contributed by atoms with Crippen LogP contribution in [0.1, 0.15) is 77.2 Å². The lowest BCUT2D eigenvalue weighted by Gasteiger charge is -2.26. The number of ether oxygens (including phenoxy) is 1. The number of aromatic nitrogens is 3. The van der Waals surface area contributed by atoms with Crippen LogP contribution >= 0.6 is 11.6 Å². The number of rotatable bonds is 13. The second kappa shape index (κ2) is 13.5. The number of alkyl halides is 1. The van der Waals surface area contributed by atoms with Gasteiger partial charge in [-0.2, -0.15) is 15.0 Å². The molecule has 0 radical (unpaired) electrons. The number of anilines is 3.